The Kier molecular flexibility index (Phi) is 8.56. The van der Waals surface area contributed by atoms with Crippen LogP contribution >= 0.6 is 12.0 Å². The fourth-order valence-corrected chi connectivity index (χ4v) is 7.92. The normalized spacial score (nSPS) is 45.7. The molecule has 1 heterocycles. The summed E-state index contributed by atoms with van der Waals surface area (Å²) in [7, 11) is 0. The molecule has 3 fully saturated rings. The van der Waals surface area contributed by atoms with Crippen LogP contribution in [0.15, 0.2) is 11.1 Å². The van der Waals surface area contributed by atoms with Gasteiger partial charge in [-0.3, -0.25) is 9.59 Å². The third-order valence-corrected chi connectivity index (χ3v) is 9.99. The number of ether oxygens (including phenoxy) is 3. The van der Waals surface area contributed by atoms with Crippen LogP contribution in [-0.4, -0.2) is 77.0 Å². The number of esters is 1. The summed E-state index contributed by atoms with van der Waals surface area (Å²) in [5, 5.41) is 24.7. The number of hydrogen-bond acceptors (Lipinski definition) is 9. The fraction of sp³-hybridized carbons (Fsp3) is 0.846. The molecule has 1 unspecified atom stereocenters. The third kappa shape index (κ3) is 4.15. The Morgan fingerprint density at radius 3 is 2.50 bits per heavy atom. The maximum atomic E-state index is 14.5. The van der Waals surface area contributed by atoms with E-state index in [4.69, 9.17) is 19.8 Å². The van der Waals surface area contributed by atoms with Gasteiger partial charge in [-0.25, -0.2) is 0 Å². The van der Waals surface area contributed by atoms with E-state index in [1.807, 2.05) is 27.7 Å². The van der Waals surface area contributed by atoms with E-state index in [0.717, 1.165) is 12.0 Å². The Labute approximate surface area is 255 Å². The number of hydrogen-bond donors (Lipinski definition) is 2. The average molecular weight is 742 g/mol. The predicted molar refractivity (Wildman–Crippen MR) is 130 cm³/mol. The van der Waals surface area contributed by atoms with Crippen LogP contribution < -0.4 is 0 Å². The number of carbonyl (C=O) groups is 2. The molecule has 4 rings (SSSR count). The maximum Gasteiger partial charge on any atom is 0.303 e. The van der Waals surface area contributed by atoms with Crippen LogP contribution in [0.5, 0.6) is 0 Å². The third-order valence-electron chi connectivity index (χ3n) is 9.63. The van der Waals surface area contributed by atoms with Gasteiger partial charge in [0.2, 0.25) is 0 Å². The summed E-state index contributed by atoms with van der Waals surface area (Å²) >= 11 is 0.931. The van der Waals surface area contributed by atoms with Gasteiger partial charge in [-0.1, -0.05) is 27.7 Å². The van der Waals surface area contributed by atoms with Crippen LogP contribution in [0.25, 0.3) is 0 Å². The molecule has 3 aliphatic carbocycles. The minimum Gasteiger partial charge on any atom is -0.459 e. The van der Waals surface area contributed by atoms with E-state index in [0.29, 0.717) is 17.6 Å². The molecule has 1 saturated heterocycles. The first-order valence-electron chi connectivity index (χ1n) is 13.1. The minimum atomic E-state index is -1.76. The van der Waals surface area contributed by atoms with E-state index in [1.54, 1.807) is 13.8 Å². The Bertz CT molecular complexity index is 961. The van der Waals surface area contributed by atoms with Gasteiger partial charge >= 0.3 is 5.97 Å². The van der Waals surface area contributed by atoms with Gasteiger partial charge in [0.15, 0.2) is 5.78 Å². The molecule has 0 aromatic carbocycles. The zero-order valence-corrected chi connectivity index (χ0v) is 27.9. The molecule has 1 aliphatic heterocycles. The van der Waals surface area contributed by atoms with E-state index in [2.05, 4.69) is 0 Å². The van der Waals surface area contributed by atoms with Crippen LogP contribution in [0.1, 0.15) is 62.7 Å². The zero-order valence-electron chi connectivity index (χ0n) is 23.3. The van der Waals surface area contributed by atoms with E-state index >= 15 is 0 Å². The Balaban J connectivity index is 0.00000380. The van der Waals surface area contributed by atoms with Gasteiger partial charge in [0.1, 0.15) is 23.4 Å². The van der Waals surface area contributed by atoms with Crippen molar-refractivity contribution in [3.8, 4) is 0 Å². The first-order valence-corrected chi connectivity index (χ1v) is 13.3. The Morgan fingerprint density at radius 2 is 1.97 bits per heavy atom. The monoisotopic (exact) mass is 741 g/mol. The molecular formula is C26H40AcO8S. The molecule has 1 radical (unpaired) electrons. The molecule has 2 saturated carbocycles. The molecular weight excluding hydrogens is 699 g/mol. The number of fused-ring (bicyclic) bond motifs is 5. The quantitative estimate of drug-likeness (QED) is 0.325. The van der Waals surface area contributed by atoms with Gasteiger partial charge in [0, 0.05) is 93.9 Å². The van der Waals surface area contributed by atoms with Crippen molar-refractivity contribution in [3.05, 3.63) is 11.1 Å². The van der Waals surface area contributed by atoms with Gasteiger partial charge in [0.25, 0.3) is 0 Å². The van der Waals surface area contributed by atoms with Crippen molar-refractivity contribution in [2.45, 2.75) is 96.9 Å². The molecule has 10 heteroatoms. The average Bonchev–Trinajstić information content (AvgIpc) is 2.79. The minimum absolute atomic E-state index is 0. The fourth-order valence-electron chi connectivity index (χ4n) is 7.54. The van der Waals surface area contributed by atoms with Crippen molar-refractivity contribution in [2.24, 2.45) is 22.7 Å². The Morgan fingerprint density at radius 1 is 1.31 bits per heavy atom. The number of aliphatic hydroxyl groups is 2. The smallest absolute Gasteiger partial charge is 0.303 e. The number of ketones is 1. The second kappa shape index (κ2) is 10.5. The van der Waals surface area contributed by atoms with Crippen LogP contribution in [0.2, 0.25) is 0 Å². The van der Waals surface area contributed by atoms with Gasteiger partial charge in [-0.2, -0.15) is 0 Å². The number of carbonyl (C=O) groups excluding carboxylic acids is 2. The number of Topliss-reactive ketones (excluding diaryl/α,β-unsaturated/α-hetero) is 1. The molecule has 0 spiro atoms. The largest absolute Gasteiger partial charge is 0.459 e. The molecule has 0 aromatic heterocycles. The Hall–Kier alpha value is 0.472. The van der Waals surface area contributed by atoms with Crippen LogP contribution in [-0.2, 0) is 28.0 Å². The van der Waals surface area contributed by atoms with E-state index in [9.17, 15) is 19.8 Å². The van der Waals surface area contributed by atoms with Gasteiger partial charge < -0.3 is 28.6 Å². The zero-order chi connectivity index (χ0) is 26.8. The summed E-state index contributed by atoms with van der Waals surface area (Å²) in [4.78, 5) is 27.1. The van der Waals surface area contributed by atoms with Crippen LogP contribution in [0, 0.1) is 66.7 Å². The summed E-state index contributed by atoms with van der Waals surface area (Å²) in [5.41, 5.74) is -4.23. The van der Waals surface area contributed by atoms with Crippen molar-refractivity contribution in [1.29, 1.82) is 0 Å². The summed E-state index contributed by atoms with van der Waals surface area (Å²) in [6.07, 6.45) is -2.80. The first-order chi connectivity index (χ1) is 16.7. The molecule has 36 heavy (non-hydrogen) atoms. The predicted octanol–water partition coefficient (Wildman–Crippen LogP) is 2.84. The van der Waals surface area contributed by atoms with Gasteiger partial charge in [-0.05, 0) is 43.8 Å². The molecule has 2 bridgehead atoms. The van der Waals surface area contributed by atoms with Gasteiger partial charge in [-0.15, -0.1) is 0 Å². The van der Waals surface area contributed by atoms with Gasteiger partial charge in [0.05, 0.1) is 18.8 Å². The van der Waals surface area contributed by atoms with Crippen molar-refractivity contribution < 1.29 is 83.6 Å². The first kappa shape index (κ1) is 29.5. The van der Waals surface area contributed by atoms with Crippen LogP contribution in [0.4, 0.5) is 0 Å². The van der Waals surface area contributed by atoms with E-state index in [1.165, 1.54) is 6.92 Å². The van der Waals surface area contributed by atoms with Crippen LogP contribution in [0.3, 0.4) is 0 Å². The SMILES string of the molecule is [3H]CSO[C@H]1C[C@@]2(O)[C@@H](OC(C)=O)C3[C@](C)([C@H](OCC)C(=O)C(=C1C)C2(C)C)[C@@H](C)C[C@H]1OC[C@@]31O.[Ac]. The standard InChI is InChI=1S/C26H40O8S.Ac/c1-9-31-21-19(28)18-14(3)16(34-35-8)11-26(30,23(18,5)6)22(33-15(4)27)20-24(21,7)13(2)10-17-25(20,29)12-32-17;/h13,16-17,20-22,29-30H,9-12H2,1-8H3;/t13-,16-,17+,20?,21+,22-,24+,25-,26+;/m0./s1/i8T;. The molecule has 0 amide bonds. The number of rotatable bonds is 5. The topological polar surface area (TPSA) is 112 Å². The summed E-state index contributed by atoms with van der Waals surface area (Å²) < 4.78 is 31.4. The second-order valence-electron chi connectivity index (χ2n) is 11.5. The second-order valence-corrected chi connectivity index (χ2v) is 11.9. The van der Waals surface area contributed by atoms with Crippen molar-refractivity contribution in [1.82, 2.24) is 0 Å². The summed E-state index contributed by atoms with van der Waals surface area (Å²) in [5.74, 6) is -1.82. The van der Waals surface area contributed by atoms with E-state index < -0.39 is 58.3 Å². The molecule has 9 atom stereocenters. The van der Waals surface area contributed by atoms with E-state index in [-0.39, 0.29) is 81.6 Å². The molecule has 201 valence electrons. The maximum absolute atomic E-state index is 14.5. The molecule has 4 aliphatic rings. The van der Waals surface area contributed by atoms with Crippen molar-refractivity contribution in [3.63, 3.8) is 0 Å². The summed E-state index contributed by atoms with van der Waals surface area (Å²) in [6, 6.07) is 0. The molecule has 8 nitrogen and oxygen atoms in total. The summed E-state index contributed by atoms with van der Waals surface area (Å²) in [6.45, 7) is 12.7. The van der Waals surface area contributed by atoms with Crippen molar-refractivity contribution >= 4 is 23.8 Å². The molecule has 2 N–H and O–H groups in total. The molecule has 0 aromatic rings. The van der Waals surface area contributed by atoms with Crippen molar-refractivity contribution in [2.75, 3.05) is 19.4 Å².